The zero-order valence-electron chi connectivity index (χ0n) is 10.6. The van der Waals surface area contributed by atoms with Gasteiger partial charge in [-0.3, -0.25) is 9.59 Å². The van der Waals surface area contributed by atoms with Gasteiger partial charge >= 0.3 is 5.97 Å². The minimum absolute atomic E-state index is 0.298. The largest absolute Gasteiger partial charge is 0.480 e. The van der Waals surface area contributed by atoms with Crippen molar-refractivity contribution in [2.75, 3.05) is 25.2 Å². The van der Waals surface area contributed by atoms with E-state index in [1.54, 1.807) is 0 Å². The highest BCUT2D eigenvalue weighted by Crippen LogP contribution is 2.00. The third-order valence-electron chi connectivity index (χ3n) is 2.20. The van der Waals surface area contributed by atoms with E-state index in [1.807, 2.05) is 6.26 Å². The zero-order valence-corrected chi connectivity index (χ0v) is 11.4. The van der Waals surface area contributed by atoms with Gasteiger partial charge in [-0.15, -0.1) is 0 Å². The van der Waals surface area contributed by atoms with Gasteiger partial charge in [0.05, 0.1) is 13.2 Å². The number of rotatable bonds is 9. The molecule has 2 amide bonds. The van der Waals surface area contributed by atoms with E-state index in [4.69, 9.17) is 15.9 Å². The maximum atomic E-state index is 11.4. The molecule has 0 aliphatic carbocycles. The number of aliphatic hydroxyl groups is 1. The van der Waals surface area contributed by atoms with Crippen molar-refractivity contribution in [3.05, 3.63) is 0 Å². The lowest BCUT2D eigenvalue weighted by Gasteiger charge is -2.15. The highest BCUT2D eigenvalue weighted by molar-refractivity contribution is 7.98. The van der Waals surface area contributed by atoms with E-state index in [0.717, 1.165) is 0 Å². The molecule has 0 aromatic carbocycles. The van der Waals surface area contributed by atoms with Gasteiger partial charge in [-0.1, -0.05) is 0 Å². The lowest BCUT2D eigenvalue weighted by Crippen LogP contribution is -2.49. The van der Waals surface area contributed by atoms with Crippen LogP contribution in [0.2, 0.25) is 0 Å². The Morgan fingerprint density at radius 1 is 1.37 bits per heavy atom. The van der Waals surface area contributed by atoms with Crippen molar-refractivity contribution in [1.29, 1.82) is 0 Å². The van der Waals surface area contributed by atoms with E-state index in [2.05, 4.69) is 10.6 Å². The van der Waals surface area contributed by atoms with Crippen LogP contribution < -0.4 is 16.4 Å². The lowest BCUT2D eigenvalue weighted by atomic mass is 10.2. The predicted octanol–water partition coefficient (Wildman–Crippen LogP) is -2.26. The van der Waals surface area contributed by atoms with Crippen molar-refractivity contribution in [3.63, 3.8) is 0 Å². The van der Waals surface area contributed by atoms with Crippen molar-refractivity contribution in [1.82, 2.24) is 10.6 Å². The molecule has 0 saturated carbocycles. The molecule has 0 aromatic rings. The van der Waals surface area contributed by atoms with Crippen LogP contribution >= 0.6 is 11.8 Å². The molecule has 0 heterocycles. The van der Waals surface area contributed by atoms with Gasteiger partial charge in [-0.05, 0) is 18.4 Å². The number of thioether (sulfide) groups is 1. The molecule has 0 rings (SSSR count). The van der Waals surface area contributed by atoms with Crippen LogP contribution in [0.1, 0.15) is 6.42 Å². The molecule has 0 aliphatic heterocycles. The van der Waals surface area contributed by atoms with Crippen molar-refractivity contribution in [2.24, 2.45) is 5.73 Å². The summed E-state index contributed by atoms with van der Waals surface area (Å²) >= 11 is 1.47. The SMILES string of the molecule is CSCCC(NC(=O)CNC(=O)C(N)CO)C(=O)O. The van der Waals surface area contributed by atoms with Gasteiger partial charge in [0.1, 0.15) is 12.1 Å². The molecule has 0 radical (unpaired) electrons. The van der Waals surface area contributed by atoms with E-state index in [-0.39, 0.29) is 6.54 Å². The smallest absolute Gasteiger partial charge is 0.326 e. The monoisotopic (exact) mass is 293 g/mol. The number of nitrogens with two attached hydrogens (primary N) is 1. The van der Waals surface area contributed by atoms with Gasteiger partial charge in [-0.2, -0.15) is 11.8 Å². The summed E-state index contributed by atoms with van der Waals surface area (Å²) in [6.45, 7) is -0.908. The summed E-state index contributed by atoms with van der Waals surface area (Å²) < 4.78 is 0. The third kappa shape index (κ3) is 7.65. The molecule has 2 unspecified atom stereocenters. The molecule has 0 aliphatic rings. The number of aliphatic hydroxyl groups excluding tert-OH is 1. The minimum atomic E-state index is -1.12. The number of hydrogen-bond donors (Lipinski definition) is 5. The van der Waals surface area contributed by atoms with Crippen molar-refractivity contribution in [3.8, 4) is 0 Å². The summed E-state index contributed by atoms with van der Waals surface area (Å²) in [6, 6.07) is -2.08. The van der Waals surface area contributed by atoms with E-state index in [0.29, 0.717) is 12.2 Å². The summed E-state index contributed by atoms with van der Waals surface area (Å²) in [5, 5.41) is 22.0. The second-order valence-corrected chi connectivity index (χ2v) is 4.73. The Hall–Kier alpha value is -1.32. The maximum absolute atomic E-state index is 11.4. The summed E-state index contributed by atoms with van der Waals surface area (Å²) in [5.74, 6) is -1.82. The maximum Gasteiger partial charge on any atom is 0.326 e. The molecule has 0 spiro atoms. The average molecular weight is 293 g/mol. The molecule has 0 saturated heterocycles. The van der Waals surface area contributed by atoms with Gasteiger partial charge in [0.15, 0.2) is 0 Å². The molecule has 110 valence electrons. The highest BCUT2D eigenvalue weighted by atomic mass is 32.2. The van der Waals surface area contributed by atoms with Gasteiger partial charge in [0, 0.05) is 0 Å². The fraction of sp³-hybridized carbons (Fsp3) is 0.700. The van der Waals surface area contributed by atoms with Crippen LogP contribution in [0.15, 0.2) is 0 Å². The van der Waals surface area contributed by atoms with Gasteiger partial charge < -0.3 is 26.6 Å². The topological polar surface area (TPSA) is 142 Å². The molecule has 9 heteroatoms. The number of amides is 2. The van der Waals surface area contributed by atoms with Crippen molar-refractivity contribution < 1.29 is 24.6 Å². The van der Waals surface area contributed by atoms with E-state index < -0.39 is 36.5 Å². The van der Waals surface area contributed by atoms with Crippen molar-refractivity contribution >= 4 is 29.5 Å². The summed E-state index contributed by atoms with van der Waals surface area (Å²) in [4.78, 5) is 33.5. The first kappa shape index (κ1) is 17.7. The number of carbonyl (C=O) groups is 3. The first-order chi connectivity index (χ1) is 8.92. The Morgan fingerprint density at radius 3 is 2.47 bits per heavy atom. The molecule has 2 atom stereocenters. The van der Waals surface area contributed by atoms with E-state index >= 15 is 0 Å². The first-order valence-corrected chi connectivity index (χ1v) is 6.97. The average Bonchev–Trinajstić information content (AvgIpc) is 2.39. The first-order valence-electron chi connectivity index (χ1n) is 5.57. The van der Waals surface area contributed by atoms with Crippen LogP contribution in [0.4, 0.5) is 0 Å². The Balaban J connectivity index is 4.13. The molecule has 19 heavy (non-hydrogen) atoms. The molecular weight excluding hydrogens is 274 g/mol. The number of aliphatic carboxylic acids is 1. The Bertz CT molecular complexity index is 326. The normalized spacial score (nSPS) is 13.4. The summed E-state index contributed by atoms with van der Waals surface area (Å²) in [7, 11) is 0. The number of hydrogen-bond acceptors (Lipinski definition) is 6. The lowest BCUT2D eigenvalue weighted by molar-refractivity contribution is -0.141. The molecule has 0 bridgehead atoms. The van der Waals surface area contributed by atoms with Gasteiger partial charge in [-0.25, -0.2) is 4.79 Å². The Morgan fingerprint density at radius 2 is 2.00 bits per heavy atom. The van der Waals surface area contributed by atoms with Crippen LogP contribution in [0.5, 0.6) is 0 Å². The van der Waals surface area contributed by atoms with Crippen LogP contribution in [0.3, 0.4) is 0 Å². The fourth-order valence-electron chi connectivity index (χ4n) is 1.12. The number of nitrogens with one attached hydrogen (secondary N) is 2. The molecule has 0 fully saturated rings. The molecule has 6 N–H and O–H groups in total. The van der Waals surface area contributed by atoms with Crippen LogP contribution in [-0.2, 0) is 14.4 Å². The fourth-order valence-corrected chi connectivity index (χ4v) is 1.59. The van der Waals surface area contributed by atoms with Crippen LogP contribution in [0.25, 0.3) is 0 Å². The van der Waals surface area contributed by atoms with Gasteiger partial charge in [0.2, 0.25) is 11.8 Å². The van der Waals surface area contributed by atoms with Crippen LogP contribution in [-0.4, -0.2) is 65.2 Å². The number of carboxylic acid groups (broad SMARTS) is 1. The second kappa shape index (κ2) is 9.59. The zero-order chi connectivity index (χ0) is 14.8. The highest BCUT2D eigenvalue weighted by Gasteiger charge is 2.20. The standard InChI is InChI=1S/C10H19N3O5S/c1-19-3-2-7(10(17)18)13-8(15)4-12-9(16)6(11)5-14/h6-7,14H,2-5,11H2,1H3,(H,12,16)(H,13,15)(H,17,18). The summed E-state index contributed by atoms with van der Waals surface area (Å²) in [5.41, 5.74) is 5.23. The quantitative estimate of drug-likeness (QED) is 0.323. The number of carboxylic acids is 1. The second-order valence-electron chi connectivity index (χ2n) is 3.75. The summed E-state index contributed by atoms with van der Waals surface area (Å²) in [6.07, 6.45) is 2.13. The van der Waals surface area contributed by atoms with E-state index in [9.17, 15) is 14.4 Å². The predicted molar refractivity (Wildman–Crippen MR) is 70.6 cm³/mol. The Labute approximate surface area is 115 Å². The molecule has 0 aromatic heterocycles. The molecule has 8 nitrogen and oxygen atoms in total. The Kier molecular flexibility index (Phi) is 8.92. The molecular formula is C10H19N3O5S. The minimum Gasteiger partial charge on any atom is -0.480 e. The van der Waals surface area contributed by atoms with E-state index in [1.165, 1.54) is 11.8 Å². The third-order valence-corrected chi connectivity index (χ3v) is 2.84. The van der Waals surface area contributed by atoms with Crippen molar-refractivity contribution in [2.45, 2.75) is 18.5 Å². The number of carbonyl (C=O) groups excluding carboxylic acids is 2. The van der Waals surface area contributed by atoms with Crippen LogP contribution in [0, 0.1) is 0 Å². The van der Waals surface area contributed by atoms with Gasteiger partial charge in [0.25, 0.3) is 0 Å².